The highest BCUT2D eigenvalue weighted by Gasteiger charge is 2.35. The van der Waals surface area contributed by atoms with Crippen LogP contribution in [0.2, 0.25) is 0 Å². The summed E-state index contributed by atoms with van der Waals surface area (Å²) >= 11 is 0. The minimum Gasteiger partial charge on any atom is -0.490 e. The summed E-state index contributed by atoms with van der Waals surface area (Å²) in [5, 5.41) is 9.28. The van der Waals surface area contributed by atoms with E-state index < -0.39 is 5.97 Å². The molecule has 0 bridgehead atoms. The van der Waals surface area contributed by atoms with Gasteiger partial charge in [-0.1, -0.05) is 37.0 Å². The lowest BCUT2D eigenvalue weighted by molar-refractivity contribution is -0.138. The van der Waals surface area contributed by atoms with Crippen molar-refractivity contribution in [3.63, 3.8) is 0 Å². The van der Waals surface area contributed by atoms with E-state index >= 15 is 0 Å². The van der Waals surface area contributed by atoms with E-state index in [2.05, 4.69) is 0 Å². The molecular formula is C19H26O3. The van der Waals surface area contributed by atoms with Gasteiger partial charge in [-0.3, -0.25) is 4.79 Å². The van der Waals surface area contributed by atoms with Crippen molar-refractivity contribution in [3.05, 3.63) is 41.5 Å². The van der Waals surface area contributed by atoms with E-state index in [1.807, 2.05) is 44.2 Å². The van der Waals surface area contributed by atoms with Crippen molar-refractivity contribution in [2.75, 3.05) is 6.61 Å². The first-order valence-electron chi connectivity index (χ1n) is 8.10. The summed E-state index contributed by atoms with van der Waals surface area (Å²) in [7, 11) is 0. The minimum absolute atomic E-state index is 0.192. The molecule has 0 unspecified atom stereocenters. The van der Waals surface area contributed by atoms with Gasteiger partial charge in [-0.05, 0) is 50.5 Å². The number of aliphatic carboxylic acids is 1. The standard InChI is InChI=1S/C19H26O3/c1-15(2)10-13-22-17-8-6-16(7-9-17)19(14-18(20)21)11-4-3-5-12-19/h6-10H,3-5,11-14H2,1-2H3,(H,20,21). The number of allylic oxidation sites excluding steroid dienone is 1. The number of carbonyl (C=O) groups is 1. The van der Waals surface area contributed by atoms with Gasteiger partial charge in [0.05, 0.1) is 6.42 Å². The van der Waals surface area contributed by atoms with E-state index in [-0.39, 0.29) is 11.8 Å². The molecule has 1 saturated carbocycles. The Morgan fingerprint density at radius 1 is 1.18 bits per heavy atom. The van der Waals surface area contributed by atoms with Crippen LogP contribution in [0.3, 0.4) is 0 Å². The maximum absolute atomic E-state index is 11.3. The van der Waals surface area contributed by atoms with Crippen molar-refractivity contribution in [3.8, 4) is 5.75 Å². The molecule has 0 heterocycles. The van der Waals surface area contributed by atoms with E-state index in [0.717, 1.165) is 37.0 Å². The average molecular weight is 302 g/mol. The first-order chi connectivity index (χ1) is 10.5. The predicted octanol–water partition coefficient (Wildman–Crippen LogP) is 4.71. The zero-order chi connectivity index (χ0) is 16.0. The monoisotopic (exact) mass is 302 g/mol. The Morgan fingerprint density at radius 2 is 1.82 bits per heavy atom. The molecule has 0 aliphatic heterocycles. The van der Waals surface area contributed by atoms with Gasteiger partial charge in [0.1, 0.15) is 12.4 Å². The van der Waals surface area contributed by atoms with Crippen molar-refractivity contribution < 1.29 is 14.6 Å². The molecule has 3 nitrogen and oxygen atoms in total. The third-order valence-corrected chi connectivity index (χ3v) is 4.51. The molecule has 0 radical (unpaired) electrons. The maximum Gasteiger partial charge on any atom is 0.304 e. The van der Waals surface area contributed by atoms with Crippen molar-refractivity contribution in [2.24, 2.45) is 0 Å². The molecule has 2 rings (SSSR count). The fourth-order valence-electron chi connectivity index (χ4n) is 3.29. The van der Waals surface area contributed by atoms with Gasteiger partial charge >= 0.3 is 5.97 Å². The molecule has 1 aliphatic carbocycles. The summed E-state index contributed by atoms with van der Waals surface area (Å²) in [5.41, 5.74) is 2.19. The van der Waals surface area contributed by atoms with E-state index in [1.54, 1.807) is 0 Å². The van der Waals surface area contributed by atoms with Gasteiger partial charge in [-0.25, -0.2) is 0 Å². The number of carboxylic acid groups (broad SMARTS) is 1. The number of rotatable bonds is 6. The van der Waals surface area contributed by atoms with Crippen LogP contribution in [-0.4, -0.2) is 17.7 Å². The number of carboxylic acids is 1. The van der Waals surface area contributed by atoms with Crippen LogP contribution < -0.4 is 4.74 Å². The Balaban J connectivity index is 2.12. The van der Waals surface area contributed by atoms with Gasteiger partial charge in [-0.15, -0.1) is 0 Å². The van der Waals surface area contributed by atoms with Gasteiger partial charge in [0, 0.05) is 5.41 Å². The van der Waals surface area contributed by atoms with Crippen molar-refractivity contribution in [1.82, 2.24) is 0 Å². The molecule has 0 atom stereocenters. The van der Waals surface area contributed by atoms with Crippen LogP contribution >= 0.6 is 0 Å². The van der Waals surface area contributed by atoms with Gasteiger partial charge in [-0.2, -0.15) is 0 Å². The smallest absolute Gasteiger partial charge is 0.304 e. The second-order valence-electron chi connectivity index (χ2n) is 6.53. The van der Waals surface area contributed by atoms with Gasteiger partial charge in [0.15, 0.2) is 0 Å². The third kappa shape index (κ3) is 4.36. The molecule has 3 heteroatoms. The summed E-state index contributed by atoms with van der Waals surface area (Å²) < 4.78 is 5.68. The zero-order valence-corrected chi connectivity index (χ0v) is 13.6. The largest absolute Gasteiger partial charge is 0.490 e. The minimum atomic E-state index is -0.703. The second kappa shape index (κ2) is 7.48. The lowest BCUT2D eigenvalue weighted by Crippen LogP contribution is -2.31. The molecule has 1 aromatic rings. The molecule has 1 fully saturated rings. The van der Waals surface area contributed by atoms with Crippen LogP contribution in [-0.2, 0) is 10.2 Å². The van der Waals surface area contributed by atoms with Crippen LogP contribution in [0.4, 0.5) is 0 Å². The summed E-state index contributed by atoms with van der Waals surface area (Å²) in [5.74, 6) is 0.133. The van der Waals surface area contributed by atoms with Crippen molar-refractivity contribution >= 4 is 5.97 Å². The highest BCUT2D eigenvalue weighted by atomic mass is 16.5. The average Bonchev–Trinajstić information content (AvgIpc) is 2.48. The lowest BCUT2D eigenvalue weighted by Gasteiger charge is -2.36. The number of ether oxygens (including phenoxy) is 1. The first kappa shape index (κ1) is 16.6. The number of hydrogen-bond acceptors (Lipinski definition) is 2. The summed E-state index contributed by atoms with van der Waals surface area (Å²) in [6.07, 6.45) is 7.66. The van der Waals surface area contributed by atoms with E-state index in [0.29, 0.717) is 6.61 Å². The van der Waals surface area contributed by atoms with Gasteiger partial charge in [0.2, 0.25) is 0 Å². The molecule has 22 heavy (non-hydrogen) atoms. The molecule has 0 aromatic heterocycles. The molecule has 0 amide bonds. The number of hydrogen-bond donors (Lipinski definition) is 1. The van der Waals surface area contributed by atoms with Crippen LogP contribution in [0.1, 0.15) is 57.9 Å². The lowest BCUT2D eigenvalue weighted by atomic mass is 9.67. The van der Waals surface area contributed by atoms with Crippen LogP contribution in [0.25, 0.3) is 0 Å². The van der Waals surface area contributed by atoms with Crippen LogP contribution in [0, 0.1) is 0 Å². The number of benzene rings is 1. The molecule has 1 aliphatic rings. The quantitative estimate of drug-likeness (QED) is 0.774. The van der Waals surface area contributed by atoms with Crippen molar-refractivity contribution in [1.29, 1.82) is 0 Å². The fraction of sp³-hybridized carbons (Fsp3) is 0.526. The van der Waals surface area contributed by atoms with Crippen LogP contribution in [0.5, 0.6) is 5.75 Å². The summed E-state index contributed by atoms with van der Waals surface area (Å²) in [6.45, 7) is 4.67. The normalized spacial score (nSPS) is 16.8. The molecular weight excluding hydrogens is 276 g/mol. The molecule has 1 N–H and O–H groups in total. The SMILES string of the molecule is CC(C)=CCOc1ccc(C2(CC(=O)O)CCCCC2)cc1. The molecule has 0 saturated heterocycles. The Morgan fingerprint density at radius 3 is 2.36 bits per heavy atom. The highest BCUT2D eigenvalue weighted by molar-refractivity contribution is 5.69. The molecule has 1 aromatic carbocycles. The van der Waals surface area contributed by atoms with E-state index in [4.69, 9.17) is 4.74 Å². The van der Waals surface area contributed by atoms with Crippen molar-refractivity contribution in [2.45, 2.75) is 57.8 Å². The summed E-state index contributed by atoms with van der Waals surface area (Å²) in [6, 6.07) is 8.02. The van der Waals surface area contributed by atoms with Gasteiger partial charge in [0.25, 0.3) is 0 Å². The molecule has 0 spiro atoms. The Labute approximate surface area is 133 Å². The van der Waals surface area contributed by atoms with Crippen LogP contribution in [0.15, 0.2) is 35.9 Å². The predicted molar refractivity (Wildman–Crippen MR) is 88.4 cm³/mol. The topological polar surface area (TPSA) is 46.5 Å². The Kier molecular flexibility index (Phi) is 5.64. The van der Waals surface area contributed by atoms with E-state index in [9.17, 15) is 9.90 Å². The van der Waals surface area contributed by atoms with Gasteiger partial charge < -0.3 is 9.84 Å². The Hall–Kier alpha value is -1.77. The fourth-order valence-corrected chi connectivity index (χ4v) is 3.29. The highest BCUT2D eigenvalue weighted by Crippen LogP contribution is 2.42. The maximum atomic E-state index is 11.3. The van der Waals surface area contributed by atoms with E-state index in [1.165, 1.54) is 12.0 Å². The summed E-state index contributed by atoms with van der Waals surface area (Å²) in [4.78, 5) is 11.3. The second-order valence-corrected chi connectivity index (χ2v) is 6.53. The molecule has 120 valence electrons. The third-order valence-electron chi connectivity index (χ3n) is 4.51. The Bertz CT molecular complexity index is 518. The zero-order valence-electron chi connectivity index (χ0n) is 13.6. The first-order valence-corrected chi connectivity index (χ1v) is 8.10.